The van der Waals surface area contributed by atoms with Crippen LogP contribution in [0.25, 0.3) is 0 Å². The summed E-state index contributed by atoms with van der Waals surface area (Å²) in [6, 6.07) is 8.59. The molecular formula is C20H29NO3. The number of hydrogen-bond donors (Lipinski definition) is 1. The molecule has 24 heavy (non-hydrogen) atoms. The molecule has 4 heteroatoms. The van der Waals surface area contributed by atoms with E-state index in [-0.39, 0.29) is 24.0 Å². The van der Waals surface area contributed by atoms with Crippen molar-refractivity contribution < 1.29 is 14.6 Å². The van der Waals surface area contributed by atoms with E-state index in [9.17, 15) is 9.90 Å². The SMILES string of the molecule is CCc1ccc(CCC(=O)N2CCOC[C@@H]2[C@H]2CCC[C@@H]2O)cc1. The van der Waals surface area contributed by atoms with Crippen molar-refractivity contribution in [3.05, 3.63) is 35.4 Å². The Morgan fingerprint density at radius 1 is 1.25 bits per heavy atom. The van der Waals surface area contributed by atoms with E-state index in [1.165, 1.54) is 11.1 Å². The van der Waals surface area contributed by atoms with Gasteiger partial charge < -0.3 is 14.7 Å². The zero-order valence-electron chi connectivity index (χ0n) is 14.6. The van der Waals surface area contributed by atoms with Gasteiger partial charge in [-0.25, -0.2) is 0 Å². The molecule has 0 bridgehead atoms. The number of hydrogen-bond acceptors (Lipinski definition) is 3. The van der Waals surface area contributed by atoms with E-state index in [0.717, 1.165) is 32.1 Å². The highest BCUT2D eigenvalue weighted by atomic mass is 16.5. The summed E-state index contributed by atoms with van der Waals surface area (Å²) in [5.41, 5.74) is 2.54. The number of amides is 1. The summed E-state index contributed by atoms with van der Waals surface area (Å²) in [6.45, 7) is 3.98. The highest BCUT2D eigenvalue weighted by Gasteiger charge is 2.39. The number of aliphatic hydroxyl groups is 1. The van der Waals surface area contributed by atoms with Gasteiger partial charge in [-0.2, -0.15) is 0 Å². The summed E-state index contributed by atoms with van der Waals surface area (Å²) in [5, 5.41) is 10.2. The molecule has 2 fully saturated rings. The maximum absolute atomic E-state index is 12.8. The lowest BCUT2D eigenvalue weighted by molar-refractivity contribution is -0.143. The van der Waals surface area contributed by atoms with Crippen molar-refractivity contribution in [2.24, 2.45) is 5.92 Å². The van der Waals surface area contributed by atoms with Gasteiger partial charge in [-0.1, -0.05) is 37.6 Å². The molecule has 1 aromatic rings. The van der Waals surface area contributed by atoms with Gasteiger partial charge in [0, 0.05) is 18.9 Å². The molecule has 1 aliphatic carbocycles. The molecule has 1 heterocycles. The molecule has 1 saturated heterocycles. The van der Waals surface area contributed by atoms with Crippen LogP contribution in [-0.2, 0) is 22.4 Å². The predicted octanol–water partition coefficient (Wildman–Crippen LogP) is 2.57. The first-order valence-corrected chi connectivity index (χ1v) is 9.32. The van der Waals surface area contributed by atoms with Crippen molar-refractivity contribution in [3.8, 4) is 0 Å². The predicted molar refractivity (Wildman–Crippen MR) is 93.8 cm³/mol. The second-order valence-electron chi connectivity index (χ2n) is 7.06. The fourth-order valence-electron chi connectivity index (χ4n) is 4.04. The Bertz CT molecular complexity index is 542. The van der Waals surface area contributed by atoms with E-state index in [0.29, 0.717) is 26.2 Å². The Morgan fingerprint density at radius 2 is 2.00 bits per heavy atom. The summed E-state index contributed by atoms with van der Waals surface area (Å²) >= 11 is 0. The van der Waals surface area contributed by atoms with E-state index in [2.05, 4.69) is 31.2 Å². The standard InChI is InChI=1S/C20H29NO3/c1-2-15-6-8-16(9-7-15)10-11-20(23)21-12-13-24-14-18(21)17-4-3-5-19(17)22/h6-9,17-19,22H,2-5,10-14H2,1H3/t17-,18-,19+/m1/s1. The Morgan fingerprint density at radius 3 is 2.67 bits per heavy atom. The summed E-state index contributed by atoms with van der Waals surface area (Å²) in [7, 11) is 0. The average molecular weight is 331 g/mol. The Hall–Kier alpha value is -1.39. The largest absolute Gasteiger partial charge is 0.393 e. The third kappa shape index (κ3) is 3.98. The summed E-state index contributed by atoms with van der Waals surface area (Å²) in [6.07, 6.45) is 4.97. The lowest BCUT2D eigenvalue weighted by atomic mass is 9.93. The second-order valence-corrected chi connectivity index (χ2v) is 7.06. The minimum Gasteiger partial charge on any atom is -0.393 e. The maximum Gasteiger partial charge on any atom is 0.223 e. The number of rotatable bonds is 5. The lowest BCUT2D eigenvalue weighted by Crippen LogP contribution is -2.53. The third-order valence-electron chi connectivity index (χ3n) is 5.57. The van der Waals surface area contributed by atoms with Crippen LogP contribution < -0.4 is 0 Å². The summed E-state index contributed by atoms with van der Waals surface area (Å²) in [4.78, 5) is 14.7. The van der Waals surface area contributed by atoms with E-state index < -0.39 is 0 Å². The van der Waals surface area contributed by atoms with E-state index in [1.54, 1.807) is 0 Å². The van der Waals surface area contributed by atoms with Crippen LogP contribution in [0.15, 0.2) is 24.3 Å². The highest BCUT2D eigenvalue weighted by molar-refractivity contribution is 5.77. The molecule has 0 aromatic heterocycles. The minimum absolute atomic E-state index is 0.0474. The number of morpholine rings is 1. The second kappa shape index (κ2) is 8.13. The van der Waals surface area contributed by atoms with Crippen molar-refractivity contribution in [3.63, 3.8) is 0 Å². The van der Waals surface area contributed by atoms with Crippen molar-refractivity contribution in [2.45, 2.75) is 57.6 Å². The van der Waals surface area contributed by atoms with Gasteiger partial charge in [-0.3, -0.25) is 4.79 Å². The molecule has 1 aromatic carbocycles. The Balaban J connectivity index is 1.59. The number of nitrogens with zero attached hydrogens (tertiary/aromatic N) is 1. The van der Waals surface area contributed by atoms with E-state index in [4.69, 9.17) is 4.74 Å². The molecule has 1 aliphatic heterocycles. The number of aryl methyl sites for hydroxylation is 2. The summed E-state index contributed by atoms with van der Waals surface area (Å²) in [5.74, 6) is 0.375. The molecule has 1 N–H and O–H groups in total. The fraction of sp³-hybridized carbons (Fsp3) is 0.650. The Labute approximate surface area is 144 Å². The molecule has 2 aliphatic rings. The van der Waals surface area contributed by atoms with Crippen LogP contribution >= 0.6 is 0 Å². The molecular weight excluding hydrogens is 302 g/mol. The van der Waals surface area contributed by atoms with E-state index >= 15 is 0 Å². The minimum atomic E-state index is -0.284. The van der Waals surface area contributed by atoms with Gasteiger partial charge in [0.2, 0.25) is 5.91 Å². The van der Waals surface area contributed by atoms with Gasteiger partial charge in [-0.15, -0.1) is 0 Å². The quantitative estimate of drug-likeness (QED) is 0.902. The Kier molecular flexibility index (Phi) is 5.90. The molecule has 4 nitrogen and oxygen atoms in total. The molecule has 1 saturated carbocycles. The molecule has 132 valence electrons. The first-order valence-electron chi connectivity index (χ1n) is 9.32. The number of ether oxygens (including phenoxy) is 1. The van der Waals surface area contributed by atoms with Crippen LogP contribution in [0.5, 0.6) is 0 Å². The number of carbonyl (C=O) groups excluding carboxylic acids is 1. The molecule has 0 spiro atoms. The van der Waals surface area contributed by atoms with Crippen molar-refractivity contribution >= 4 is 5.91 Å². The van der Waals surface area contributed by atoms with Crippen LogP contribution in [0.4, 0.5) is 0 Å². The summed E-state index contributed by atoms with van der Waals surface area (Å²) < 4.78 is 5.61. The number of benzene rings is 1. The molecule has 1 amide bonds. The molecule has 0 unspecified atom stereocenters. The number of aliphatic hydroxyl groups excluding tert-OH is 1. The van der Waals surface area contributed by atoms with Crippen LogP contribution in [-0.4, -0.2) is 47.8 Å². The van der Waals surface area contributed by atoms with E-state index in [1.807, 2.05) is 4.90 Å². The van der Waals surface area contributed by atoms with Crippen molar-refractivity contribution in [2.75, 3.05) is 19.8 Å². The molecule has 3 rings (SSSR count). The monoisotopic (exact) mass is 331 g/mol. The van der Waals surface area contributed by atoms with Gasteiger partial charge >= 0.3 is 0 Å². The first kappa shape index (κ1) is 17.4. The zero-order chi connectivity index (χ0) is 16.9. The normalized spacial score (nSPS) is 27.4. The van der Waals surface area contributed by atoms with Gasteiger partial charge in [0.15, 0.2) is 0 Å². The molecule has 0 radical (unpaired) electrons. The molecule has 3 atom stereocenters. The van der Waals surface area contributed by atoms with Crippen LogP contribution in [0.2, 0.25) is 0 Å². The van der Waals surface area contributed by atoms with Crippen LogP contribution in [0, 0.1) is 5.92 Å². The van der Waals surface area contributed by atoms with Crippen LogP contribution in [0.1, 0.15) is 43.7 Å². The highest BCUT2D eigenvalue weighted by Crippen LogP contribution is 2.32. The maximum atomic E-state index is 12.8. The third-order valence-corrected chi connectivity index (χ3v) is 5.57. The smallest absolute Gasteiger partial charge is 0.223 e. The van der Waals surface area contributed by atoms with Crippen molar-refractivity contribution in [1.29, 1.82) is 0 Å². The average Bonchev–Trinajstić information content (AvgIpc) is 3.06. The lowest BCUT2D eigenvalue weighted by Gasteiger charge is -2.40. The van der Waals surface area contributed by atoms with Gasteiger partial charge in [0.1, 0.15) is 0 Å². The first-order chi connectivity index (χ1) is 11.7. The topological polar surface area (TPSA) is 49.8 Å². The van der Waals surface area contributed by atoms with Crippen molar-refractivity contribution in [1.82, 2.24) is 4.90 Å². The number of carbonyl (C=O) groups is 1. The van der Waals surface area contributed by atoms with Crippen LogP contribution in [0.3, 0.4) is 0 Å². The fourth-order valence-corrected chi connectivity index (χ4v) is 4.04. The van der Waals surface area contributed by atoms with Gasteiger partial charge in [0.25, 0.3) is 0 Å². The zero-order valence-corrected chi connectivity index (χ0v) is 14.6. The van der Waals surface area contributed by atoms with Gasteiger partial charge in [0.05, 0.1) is 25.4 Å². The van der Waals surface area contributed by atoms with Gasteiger partial charge in [-0.05, 0) is 36.8 Å².